The van der Waals surface area contributed by atoms with Gasteiger partial charge in [-0.15, -0.1) is 0 Å². The molecule has 1 amide bonds. The van der Waals surface area contributed by atoms with Crippen LogP contribution < -0.4 is 0 Å². The smallest absolute Gasteiger partial charge is 0.254 e. The molecular formula is C22H21ClN2O2. The minimum absolute atomic E-state index is 0.0451. The maximum atomic E-state index is 13.1. The van der Waals surface area contributed by atoms with Crippen molar-refractivity contribution in [2.24, 2.45) is 5.92 Å². The summed E-state index contributed by atoms with van der Waals surface area (Å²) in [7, 11) is 0. The Hall–Kier alpha value is -2.59. The lowest BCUT2D eigenvalue weighted by molar-refractivity contribution is 0.0698. The van der Waals surface area contributed by atoms with E-state index < -0.39 is 0 Å². The number of nitrogens with zero attached hydrogens (tertiary/aromatic N) is 2. The number of likely N-dealkylation sites (tertiary alicyclic amines) is 1. The Kier molecular flexibility index (Phi) is 4.99. The number of oxazole rings is 1. The minimum Gasteiger partial charge on any atom is -0.436 e. The van der Waals surface area contributed by atoms with Crippen molar-refractivity contribution in [3.8, 4) is 22.8 Å². The molecule has 2 aromatic carbocycles. The number of carbonyl (C=O) groups is 1. The van der Waals surface area contributed by atoms with Crippen LogP contribution in [0.3, 0.4) is 0 Å². The zero-order valence-electron chi connectivity index (χ0n) is 15.2. The molecule has 1 aliphatic rings. The molecule has 1 fully saturated rings. The summed E-state index contributed by atoms with van der Waals surface area (Å²) < 4.78 is 5.97. The minimum atomic E-state index is 0.0451. The molecule has 0 N–H and O–H groups in total. The summed E-state index contributed by atoms with van der Waals surface area (Å²) in [5, 5.41) is 0.672. The predicted octanol–water partition coefficient (Wildman–Crippen LogP) is 5.53. The van der Waals surface area contributed by atoms with Gasteiger partial charge in [0.1, 0.15) is 0 Å². The molecule has 0 spiro atoms. The lowest BCUT2D eigenvalue weighted by Gasteiger charge is -2.30. The molecule has 1 aliphatic heterocycles. The highest BCUT2D eigenvalue weighted by Crippen LogP contribution is 2.30. The monoisotopic (exact) mass is 380 g/mol. The summed E-state index contributed by atoms with van der Waals surface area (Å²) in [5.74, 6) is 1.83. The van der Waals surface area contributed by atoms with Crippen molar-refractivity contribution >= 4 is 17.5 Å². The molecule has 138 valence electrons. The first-order valence-corrected chi connectivity index (χ1v) is 9.60. The maximum absolute atomic E-state index is 13.1. The fraction of sp³-hybridized carbons (Fsp3) is 0.273. The lowest BCUT2D eigenvalue weighted by atomic mass is 9.98. The van der Waals surface area contributed by atoms with Gasteiger partial charge in [-0.3, -0.25) is 4.79 Å². The fourth-order valence-electron chi connectivity index (χ4n) is 3.38. The molecule has 0 atom stereocenters. The van der Waals surface area contributed by atoms with Crippen molar-refractivity contribution in [2.45, 2.75) is 19.8 Å². The van der Waals surface area contributed by atoms with E-state index in [-0.39, 0.29) is 5.91 Å². The molecule has 27 heavy (non-hydrogen) atoms. The van der Waals surface area contributed by atoms with Gasteiger partial charge in [0.2, 0.25) is 5.89 Å². The Morgan fingerprint density at radius 1 is 1.11 bits per heavy atom. The highest BCUT2D eigenvalue weighted by Gasteiger charge is 2.24. The first-order chi connectivity index (χ1) is 13.1. The summed E-state index contributed by atoms with van der Waals surface area (Å²) in [6, 6.07) is 14.9. The molecule has 0 saturated carbocycles. The van der Waals surface area contributed by atoms with Crippen LogP contribution in [0.15, 0.2) is 59.1 Å². The first kappa shape index (κ1) is 17.8. The second-order valence-corrected chi connectivity index (χ2v) is 7.49. The summed E-state index contributed by atoms with van der Waals surface area (Å²) in [6.45, 7) is 3.84. The number of piperidine rings is 1. The molecule has 1 aromatic heterocycles. The van der Waals surface area contributed by atoms with Crippen molar-refractivity contribution in [3.63, 3.8) is 0 Å². The quantitative estimate of drug-likeness (QED) is 0.599. The SMILES string of the molecule is CC1CCN(C(=O)c2ccccc2-c2ncc(-c3ccc(Cl)cc3)o2)CC1. The van der Waals surface area contributed by atoms with Crippen LogP contribution in [0.2, 0.25) is 5.02 Å². The van der Waals surface area contributed by atoms with E-state index in [1.807, 2.05) is 53.4 Å². The van der Waals surface area contributed by atoms with Gasteiger partial charge >= 0.3 is 0 Å². The van der Waals surface area contributed by atoms with Gasteiger partial charge in [0, 0.05) is 29.2 Å². The van der Waals surface area contributed by atoms with Crippen LogP contribution in [0.25, 0.3) is 22.8 Å². The third-order valence-electron chi connectivity index (χ3n) is 5.09. The van der Waals surface area contributed by atoms with E-state index in [4.69, 9.17) is 16.0 Å². The van der Waals surface area contributed by atoms with Crippen LogP contribution >= 0.6 is 11.6 Å². The number of halogens is 1. The van der Waals surface area contributed by atoms with Crippen LogP contribution in [0.5, 0.6) is 0 Å². The standard InChI is InChI=1S/C22H21ClN2O2/c1-15-10-12-25(13-11-15)22(26)19-5-3-2-4-18(19)21-24-14-20(27-21)16-6-8-17(23)9-7-16/h2-9,14-15H,10-13H2,1H3. The lowest BCUT2D eigenvalue weighted by Crippen LogP contribution is -2.38. The van der Waals surface area contributed by atoms with Gasteiger partial charge in [-0.05, 0) is 55.2 Å². The number of rotatable bonds is 3. The Morgan fingerprint density at radius 3 is 2.56 bits per heavy atom. The molecule has 3 aromatic rings. The van der Waals surface area contributed by atoms with E-state index in [9.17, 15) is 4.79 Å². The third-order valence-corrected chi connectivity index (χ3v) is 5.35. The van der Waals surface area contributed by atoms with Gasteiger partial charge in [0.25, 0.3) is 5.91 Å². The van der Waals surface area contributed by atoms with Gasteiger partial charge in [-0.2, -0.15) is 0 Å². The van der Waals surface area contributed by atoms with Crippen LogP contribution in [0.1, 0.15) is 30.1 Å². The fourth-order valence-corrected chi connectivity index (χ4v) is 3.51. The van der Waals surface area contributed by atoms with E-state index in [1.165, 1.54) is 0 Å². The maximum Gasteiger partial charge on any atom is 0.254 e. The van der Waals surface area contributed by atoms with E-state index in [2.05, 4.69) is 11.9 Å². The average Bonchev–Trinajstić information content (AvgIpc) is 3.19. The Morgan fingerprint density at radius 2 is 1.81 bits per heavy atom. The van der Waals surface area contributed by atoms with Crippen molar-refractivity contribution in [1.29, 1.82) is 0 Å². The van der Waals surface area contributed by atoms with Crippen LogP contribution in [0.4, 0.5) is 0 Å². The van der Waals surface area contributed by atoms with Gasteiger partial charge in [-0.1, -0.05) is 30.7 Å². The molecule has 0 bridgehead atoms. The Balaban J connectivity index is 1.63. The largest absolute Gasteiger partial charge is 0.436 e. The van der Waals surface area contributed by atoms with E-state index in [0.717, 1.165) is 37.1 Å². The predicted molar refractivity (Wildman–Crippen MR) is 107 cm³/mol. The van der Waals surface area contributed by atoms with E-state index in [0.29, 0.717) is 28.2 Å². The number of carbonyl (C=O) groups excluding carboxylic acids is 1. The van der Waals surface area contributed by atoms with E-state index in [1.54, 1.807) is 6.20 Å². The number of benzene rings is 2. The molecule has 5 heteroatoms. The number of hydrogen-bond donors (Lipinski definition) is 0. The van der Waals surface area contributed by atoms with Crippen molar-refractivity contribution in [2.75, 3.05) is 13.1 Å². The number of hydrogen-bond acceptors (Lipinski definition) is 3. The first-order valence-electron chi connectivity index (χ1n) is 9.22. The van der Waals surface area contributed by atoms with Crippen molar-refractivity contribution in [3.05, 3.63) is 65.3 Å². The molecule has 0 aliphatic carbocycles. The van der Waals surface area contributed by atoms with Crippen molar-refractivity contribution in [1.82, 2.24) is 9.88 Å². The highest BCUT2D eigenvalue weighted by atomic mass is 35.5. The normalized spacial score (nSPS) is 15.1. The number of aromatic nitrogens is 1. The Bertz CT molecular complexity index is 941. The van der Waals surface area contributed by atoms with Gasteiger partial charge in [0.05, 0.1) is 11.8 Å². The molecular weight excluding hydrogens is 360 g/mol. The van der Waals surface area contributed by atoms with Gasteiger partial charge < -0.3 is 9.32 Å². The zero-order chi connectivity index (χ0) is 18.8. The Labute approximate surface area is 163 Å². The second-order valence-electron chi connectivity index (χ2n) is 7.06. The van der Waals surface area contributed by atoms with Crippen LogP contribution in [-0.2, 0) is 0 Å². The van der Waals surface area contributed by atoms with Crippen LogP contribution in [0, 0.1) is 5.92 Å². The van der Waals surface area contributed by atoms with E-state index >= 15 is 0 Å². The molecule has 4 nitrogen and oxygen atoms in total. The zero-order valence-corrected chi connectivity index (χ0v) is 15.9. The second kappa shape index (κ2) is 7.57. The highest BCUT2D eigenvalue weighted by molar-refractivity contribution is 6.30. The summed E-state index contributed by atoms with van der Waals surface area (Å²) in [6.07, 6.45) is 3.78. The van der Waals surface area contributed by atoms with Gasteiger partial charge in [-0.25, -0.2) is 4.98 Å². The number of amides is 1. The topological polar surface area (TPSA) is 46.3 Å². The van der Waals surface area contributed by atoms with Gasteiger partial charge in [0.15, 0.2) is 5.76 Å². The van der Waals surface area contributed by atoms with Crippen LogP contribution in [-0.4, -0.2) is 28.9 Å². The van der Waals surface area contributed by atoms with Crippen molar-refractivity contribution < 1.29 is 9.21 Å². The third kappa shape index (κ3) is 3.76. The molecule has 1 saturated heterocycles. The molecule has 4 rings (SSSR count). The molecule has 2 heterocycles. The summed E-state index contributed by atoms with van der Waals surface area (Å²) in [5.41, 5.74) is 2.25. The summed E-state index contributed by atoms with van der Waals surface area (Å²) >= 11 is 5.95. The molecule has 0 radical (unpaired) electrons. The summed E-state index contributed by atoms with van der Waals surface area (Å²) in [4.78, 5) is 19.4. The molecule has 0 unspecified atom stereocenters. The average molecular weight is 381 g/mol.